The second-order valence-corrected chi connectivity index (χ2v) is 5.33. The number of benzene rings is 2. The fourth-order valence-electron chi connectivity index (χ4n) is 2.03. The van der Waals surface area contributed by atoms with E-state index < -0.39 is 4.92 Å². The van der Waals surface area contributed by atoms with Crippen molar-refractivity contribution in [1.29, 1.82) is 0 Å². The predicted molar refractivity (Wildman–Crippen MR) is 92.9 cm³/mol. The number of anilines is 1. The lowest BCUT2D eigenvalue weighted by Gasteiger charge is -2.05. The summed E-state index contributed by atoms with van der Waals surface area (Å²) in [6.45, 7) is 0.452. The zero-order valence-electron chi connectivity index (χ0n) is 12.9. The summed E-state index contributed by atoms with van der Waals surface area (Å²) < 4.78 is 5.04. The molecule has 24 heavy (non-hydrogen) atoms. The van der Waals surface area contributed by atoms with E-state index in [1.54, 1.807) is 19.2 Å². The highest BCUT2D eigenvalue weighted by Crippen LogP contribution is 2.25. The average molecular weight is 347 g/mol. The van der Waals surface area contributed by atoms with Crippen LogP contribution in [0, 0.1) is 10.1 Å². The van der Waals surface area contributed by atoms with E-state index in [1.807, 2.05) is 18.2 Å². The summed E-state index contributed by atoms with van der Waals surface area (Å²) in [6, 6.07) is 11.6. The van der Waals surface area contributed by atoms with Gasteiger partial charge in [-0.2, -0.15) is 0 Å². The summed E-state index contributed by atoms with van der Waals surface area (Å²) >= 11 is 5.75. The molecule has 2 rings (SSSR count). The highest BCUT2D eigenvalue weighted by atomic mass is 35.5. The van der Waals surface area contributed by atoms with E-state index in [0.29, 0.717) is 17.9 Å². The Bertz CT molecular complexity index is 790. The van der Waals surface area contributed by atoms with Gasteiger partial charge >= 0.3 is 0 Å². The molecule has 0 unspecified atom stereocenters. The largest absolute Gasteiger partial charge is 0.380 e. The topological polar surface area (TPSA) is 81.5 Å². The molecule has 0 aliphatic rings. The quantitative estimate of drug-likeness (QED) is 0.486. The van der Waals surface area contributed by atoms with Gasteiger partial charge in [0.15, 0.2) is 0 Å². The van der Waals surface area contributed by atoms with E-state index in [1.165, 1.54) is 24.3 Å². The predicted octanol–water partition coefficient (Wildman–Crippen LogP) is 4.05. The van der Waals surface area contributed by atoms with Crippen molar-refractivity contribution in [2.24, 2.45) is 0 Å². The standard InChI is InChI=1S/C17H15ClN2O4/c1-24-11-13-3-2-4-14(9-13)19-17(21)8-6-12-5-7-15(18)16(10-12)20(22)23/h2-10H,11H2,1H3,(H,19,21)/b8-6+. The second kappa shape index (κ2) is 8.24. The van der Waals surface area contributed by atoms with Gasteiger partial charge in [-0.25, -0.2) is 0 Å². The minimum absolute atomic E-state index is 0.0524. The Morgan fingerprint density at radius 3 is 2.83 bits per heavy atom. The van der Waals surface area contributed by atoms with E-state index in [-0.39, 0.29) is 16.6 Å². The molecule has 0 atom stereocenters. The first-order valence-electron chi connectivity index (χ1n) is 7.00. The molecule has 1 N–H and O–H groups in total. The summed E-state index contributed by atoms with van der Waals surface area (Å²) in [4.78, 5) is 22.2. The molecule has 124 valence electrons. The van der Waals surface area contributed by atoms with Crippen LogP contribution in [-0.4, -0.2) is 17.9 Å². The number of carbonyl (C=O) groups is 1. The Labute approximate surface area is 143 Å². The Balaban J connectivity index is 2.07. The maximum Gasteiger partial charge on any atom is 0.288 e. The molecule has 0 saturated carbocycles. The third-order valence-corrected chi connectivity index (χ3v) is 3.42. The van der Waals surface area contributed by atoms with Crippen molar-refractivity contribution in [3.8, 4) is 0 Å². The molecule has 0 heterocycles. The summed E-state index contributed by atoms with van der Waals surface area (Å²) in [5.74, 6) is -0.345. The van der Waals surface area contributed by atoms with Crippen molar-refractivity contribution in [1.82, 2.24) is 0 Å². The Kier molecular flexibility index (Phi) is 6.06. The maximum absolute atomic E-state index is 12.0. The van der Waals surface area contributed by atoms with Crippen LogP contribution >= 0.6 is 11.6 Å². The highest BCUT2D eigenvalue weighted by molar-refractivity contribution is 6.32. The van der Waals surface area contributed by atoms with Gasteiger partial charge in [-0.05, 0) is 35.4 Å². The highest BCUT2D eigenvalue weighted by Gasteiger charge is 2.11. The minimum atomic E-state index is -0.568. The number of nitrogens with zero attached hydrogens (tertiary/aromatic N) is 1. The monoisotopic (exact) mass is 346 g/mol. The molecule has 0 aromatic heterocycles. The molecule has 2 aromatic rings. The van der Waals surface area contributed by atoms with Crippen LogP contribution in [0.15, 0.2) is 48.5 Å². The zero-order chi connectivity index (χ0) is 17.5. The van der Waals surface area contributed by atoms with Crippen molar-refractivity contribution < 1.29 is 14.5 Å². The lowest BCUT2D eigenvalue weighted by Crippen LogP contribution is -2.08. The van der Waals surface area contributed by atoms with Gasteiger partial charge in [0.25, 0.3) is 5.69 Å². The molecule has 0 spiro atoms. The van der Waals surface area contributed by atoms with E-state index in [4.69, 9.17) is 16.3 Å². The van der Waals surface area contributed by atoms with Gasteiger partial charge in [-0.1, -0.05) is 29.8 Å². The number of ether oxygens (including phenoxy) is 1. The molecule has 0 fully saturated rings. The molecule has 7 heteroatoms. The van der Waals surface area contributed by atoms with Crippen LogP contribution in [0.5, 0.6) is 0 Å². The number of hydrogen-bond acceptors (Lipinski definition) is 4. The van der Waals surface area contributed by atoms with Gasteiger partial charge in [0.2, 0.25) is 5.91 Å². The number of halogens is 1. The summed E-state index contributed by atoms with van der Waals surface area (Å²) in [7, 11) is 1.60. The summed E-state index contributed by atoms with van der Waals surface area (Å²) in [5.41, 5.74) is 1.88. The average Bonchev–Trinajstić information content (AvgIpc) is 2.54. The maximum atomic E-state index is 12.0. The fourth-order valence-corrected chi connectivity index (χ4v) is 2.22. The SMILES string of the molecule is COCc1cccc(NC(=O)/C=C/c2ccc(Cl)c([N+](=O)[O-])c2)c1. The molecule has 0 saturated heterocycles. The number of nitrogens with one attached hydrogen (secondary N) is 1. The van der Waals surface area contributed by atoms with Gasteiger partial charge in [0.05, 0.1) is 11.5 Å². The van der Waals surface area contributed by atoms with Gasteiger partial charge in [0, 0.05) is 24.9 Å². The Morgan fingerprint density at radius 1 is 1.33 bits per heavy atom. The van der Waals surface area contributed by atoms with E-state index in [0.717, 1.165) is 5.56 Å². The number of carbonyl (C=O) groups excluding carboxylic acids is 1. The first kappa shape index (κ1) is 17.7. The first-order chi connectivity index (χ1) is 11.5. The third-order valence-electron chi connectivity index (χ3n) is 3.10. The lowest BCUT2D eigenvalue weighted by molar-refractivity contribution is -0.384. The zero-order valence-corrected chi connectivity index (χ0v) is 13.6. The number of nitro groups is 1. The van der Waals surface area contributed by atoms with Crippen molar-refractivity contribution in [2.45, 2.75) is 6.61 Å². The molecular formula is C17H15ClN2O4. The second-order valence-electron chi connectivity index (χ2n) is 4.92. The summed E-state index contributed by atoms with van der Waals surface area (Å²) in [6.07, 6.45) is 2.79. The smallest absolute Gasteiger partial charge is 0.288 e. The minimum Gasteiger partial charge on any atom is -0.380 e. The van der Waals surface area contributed by atoms with Crippen molar-refractivity contribution in [3.05, 3.63) is 74.8 Å². The van der Waals surface area contributed by atoms with Crippen LogP contribution in [-0.2, 0) is 16.1 Å². The van der Waals surface area contributed by atoms with Crippen LogP contribution in [0.1, 0.15) is 11.1 Å². The number of nitro benzene ring substituents is 1. The lowest BCUT2D eigenvalue weighted by atomic mass is 10.2. The molecule has 1 amide bonds. The Hall–Kier alpha value is -2.70. The molecule has 0 bridgehead atoms. The first-order valence-corrected chi connectivity index (χ1v) is 7.38. The number of hydrogen-bond donors (Lipinski definition) is 1. The molecule has 0 aliphatic heterocycles. The van der Waals surface area contributed by atoms with Crippen molar-refractivity contribution >= 4 is 35.0 Å². The van der Waals surface area contributed by atoms with Crippen LogP contribution in [0.4, 0.5) is 11.4 Å². The van der Waals surface area contributed by atoms with Gasteiger partial charge < -0.3 is 10.1 Å². The van der Waals surface area contributed by atoms with E-state index >= 15 is 0 Å². The van der Waals surface area contributed by atoms with Gasteiger partial charge in [-0.15, -0.1) is 0 Å². The van der Waals surface area contributed by atoms with Crippen LogP contribution in [0.3, 0.4) is 0 Å². The molecule has 6 nitrogen and oxygen atoms in total. The molecule has 0 aliphatic carbocycles. The van der Waals surface area contributed by atoms with Gasteiger partial charge in [0.1, 0.15) is 5.02 Å². The van der Waals surface area contributed by atoms with Crippen molar-refractivity contribution in [3.63, 3.8) is 0 Å². The van der Waals surface area contributed by atoms with Crippen LogP contribution < -0.4 is 5.32 Å². The summed E-state index contributed by atoms with van der Waals surface area (Å²) in [5, 5.41) is 13.6. The molecule has 2 aromatic carbocycles. The van der Waals surface area contributed by atoms with E-state index in [2.05, 4.69) is 5.32 Å². The fraction of sp³-hybridized carbons (Fsp3) is 0.118. The number of amides is 1. The van der Waals surface area contributed by atoms with Crippen LogP contribution in [0.2, 0.25) is 5.02 Å². The van der Waals surface area contributed by atoms with Crippen LogP contribution in [0.25, 0.3) is 6.08 Å². The molecule has 0 radical (unpaired) electrons. The Morgan fingerprint density at radius 2 is 2.12 bits per heavy atom. The van der Waals surface area contributed by atoms with Crippen molar-refractivity contribution in [2.75, 3.05) is 12.4 Å². The van der Waals surface area contributed by atoms with E-state index in [9.17, 15) is 14.9 Å². The van der Waals surface area contributed by atoms with Gasteiger partial charge in [-0.3, -0.25) is 14.9 Å². The molecular weight excluding hydrogens is 332 g/mol. The normalized spacial score (nSPS) is 10.8. The third kappa shape index (κ3) is 4.91. The number of methoxy groups -OCH3 is 1. The number of rotatable bonds is 6.